The summed E-state index contributed by atoms with van der Waals surface area (Å²) in [6.07, 6.45) is 0.840. The Kier molecular flexibility index (Phi) is 4.12. The zero-order chi connectivity index (χ0) is 12.1. The van der Waals surface area contributed by atoms with Gasteiger partial charge in [-0.15, -0.1) is 11.3 Å². The van der Waals surface area contributed by atoms with Crippen LogP contribution >= 0.6 is 11.3 Å². The fourth-order valence-corrected chi connectivity index (χ4v) is 2.23. The highest BCUT2D eigenvalue weighted by atomic mass is 32.1. The first-order valence-corrected chi connectivity index (χ1v) is 6.49. The van der Waals surface area contributed by atoms with E-state index < -0.39 is 0 Å². The average Bonchev–Trinajstić information content (AvgIpc) is 2.74. The fraction of sp³-hybridized carbons (Fsp3) is 0.308. The van der Waals surface area contributed by atoms with Crippen LogP contribution in [0, 0.1) is 6.92 Å². The maximum atomic E-state index is 5.78. The summed E-state index contributed by atoms with van der Waals surface area (Å²) in [5.41, 5.74) is 7.71. The molecule has 0 saturated carbocycles. The summed E-state index contributed by atoms with van der Waals surface area (Å²) >= 11 is 1.64. The number of hydrogen-bond acceptors (Lipinski definition) is 4. The van der Waals surface area contributed by atoms with Crippen molar-refractivity contribution >= 4 is 11.3 Å². The van der Waals surface area contributed by atoms with Crippen molar-refractivity contribution < 1.29 is 4.74 Å². The molecule has 0 spiro atoms. The van der Waals surface area contributed by atoms with Gasteiger partial charge < -0.3 is 10.5 Å². The van der Waals surface area contributed by atoms with E-state index in [0.29, 0.717) is 13.2 Å². The maximum Gasteiger partial charge on any atom is 0.131 e. The van der Waals surface area contributed by atoms with Gasteiger partial charge in [-0.3, -0.25) is 0 Å². The lowest BCUT2D eigenvalue weighted by Crippen LogP contribution is -2.05. The lowest BCUT2D eigenvalue weighted by Gasteiger charge is -2.09. The minimum absolute atomic E-state index is 0.520. The number of nitrogens with zero attached hydrogens (tertiary/aromatic N) is 1. The Bertz CT molecular complexity index is 482. The molecule has 0 amide bonds. The van der Waals surface area contributed by atoms with Gasteiger partial charge in [0.15, 0.2) is 0 Å². The van der Waals surface area contributed by atoms with Crippen LogP contribution in [-0.2, 0) is 13.0 Å². The van der Waals surface area contributed by atoms with Gasteiger partial charge in [0.25, 0.3) is 0 Å². The van der Waals surface area contributed by atoms with Crippen LogP contribution in [0.1, 0.15) is 16.3 Å². The summed E-state index contributed by atoms with van der Waals surface area (Å²) < 4.78 is 5.78. The van der Waals surface area contributed by atoms with E-state index in [-0.39, 0.29) is 0 Å². The summed E-state index contributed by atoms with van der Waals surface area (Å²) in [5.74, 6) is 0.906. The molecule has 3 nitrogen and oxygen atoms in total. The predicted molar refractivity (Wildman–Crippen MR) is 70.4 cm³/mol. The fourth-order valence-electron chi connectivity index (χ4n) is 1.63. The standard InChI is InChI=1S/C13H16N2OS/c1-10-15-12(9-17-10)8-16-13-5-3-2-4-11(13)6-7-14/h2-5,9H,6-8,14H2,1H3. The highest BCUT2D eigenvalue weighted by Crippen LogP contribution is 2.20. The molecule has 0 aliphatic carbocycles. The topological polar surface area (TPSA) is 48.1 Å². The number of thiazole rings is 1. The van der Waals surface area contributed by atoms with Crippen molar-refractivity contribution in [1.29, 1.82) is 0 Å². The molecule has 4 heteroatoms. The summed E-state index contributed by atoms with van der Waals surface area (Å²) in [6, 6.07) is 8.01. The van der Waals surface area contributed by atoms with E-state index in [2.05, 4.69) is 11.1 Å². The average molecular weight is 248 g/mol. The Balaban J connectivity index is 2.03. The van der Waals surface area contributed by atoms with Crippen LogP contribution in [0.3, 0.4) is 0 Å². The van der Waals surface area contributed by atoms with Gasteiger partial charge >= 0.3 is 0 Å². The first-order chi connectivity index (χ1) is 8.29. The molecular weight excluding hydrogens is 232 g/mol. The molecule has 0 aliphatic heterocycles. The van der Waals surface area contributed by atoms with Crippen LogP contribution in [0.5, 0.6) is 5.75 Å². The minimum atomic E-state index is 0.520. The Morgan fingerprint density at radius 1 is 1.35 bits per heavy atom. The molecule has 0 aliphatic rings. The van der Waals surface area contributed by atoms with E-state index in [0.717, 1.165) is 28.4 Å². The number of aromatic nitrogens is 1. The summed E-state index contributed by atoms with van der Waals surface area (Å²) in [4.78, 5) is 4.37. The Labute approximate surface area is 105 Å². The van der Waals surface area contributed by atoms with Gasteiger partial charge in [0, 0.05) is 5.38 Å². The lowest BCUT2D eigenvalue weighted by molar-refractivity contribution is 0.299. The van der Waals surface area contributed by atoms with Gasteiger partial charge in [-0.25, -0.2) is 4.98 Å². The molecule has 1 aromatic carbocycles. The van der Waals surface area contributed by atoms with Crippen molar-refractivity contribution in [3.8, 4) is 5.75 Å². The second-order valence-corrected chi connectivity index (χ2v) is 4.86. The molecule has 0 fully saturated rings. The summed E-state index contributed by atoms with van der Waals surface area (Å²) in [5, 5.41) is 3.10. The van der Waals surface area contributed by atoms with Crippen molar-refractivity contribution in [2.45, 2.75) is 20.0 Å². The smallest absolute Gasteiger partial charge is 0.131 e. The van der Waals surface area contributed by atoms with Gasteiger partial charge in [-0.1, -0.05) is 18.2 Å². The number of para-hydroxylation sites is 1. The molecule has 1 heterocycles. The zero-order valence-electron chi connectivity index (χ0n) is 9.85. The molecule has 0 atom stereocenters. The van der Waals surface area contributed by atoms with Crippen molar-refractivity contribution in [1.82, 2.24) is 4.98 Å². The molecule has 0 saturated heterocycles. The van der Waals surface area contributed by atoms with Crippen molar-refractivity contribution in [2.24, 2.45) is 5.73 Å². The third kappa shape index (κ3) is 3.28. The molecule has 2 rings (SSSR count). The molecular formula is C13H16N2OS. The Morgan fingerprint density at radius 3 is 2.88 bits per heavy atom. The van der Waals surface area contributed by atoms with Crippen molar-refractivity contribution in [3.05, 3.63) is 45.9 Å². The van der Waals surface area contributed by atoms with E-state index in [9.17, 15) is 0 Å². The molecule has 90 valence electrons. The van der Waals surface area contributed by atoms with Crippen molar-refractivity contribution in [2.75, 3.05) is 6.54 Å². The van der Waals surface area contributed by atoms with Crippen LogP contribution in [0.25, 0.3) is 0 Å². The molecule has 1 aromatic heterocycles. The van der Waals surface area contributed by atoms with Crippen LogP contribution < -0.4 is 10.5 Å². The molecule has 0 radical (unpaired) electrons. The highest BCUT2D eigenvalue weighted by molar-refractivity contribution is 7.09. The summed E-state index contributed by atoms with van der Waals surface area (Å²) in [6.45, 7) is 3.15. The van der Waals surface area contributed by atoms with Crippen LogP contribution in [0.2, 0.25) is 0 Å². The minimum Gasteiger partial charge on any atom is -0.487 e. The first-order valence-electron chi connectivity index (χ1n) is 5.61. The van der Waals surface area contributed by atoms with Gasteiger partial charge in [0.1, 0.15) is 12.4 Å². The van der Waals surface area contributed by atoms with E-state index in [4.69, 9.17) is 10.5 Å². The maximum absolute atomic E-state index is 5.78. The normalized spacial score (nSPS) is 10.5. The second kappa shape index (κ2) is 5.80. The molecule has 0 bridgehead atoms. The van der Waals surface area contributed by atoms with E-state index in [1.165, 1.54) is 0 Å². The van der Waals surface area contributed by atoms with E-state index in [1.807, 2.05) is 30.5 Å². The Hall–Kier alpha value is -1.39. The number of ether oxygens (including phenoxy) is 1. The highest BCUT2D eigenvalue weighted by Gasteiger charge is 2.04. The molecule has 2 N–H and O–H groups in total. The van der Waals surface area contributed by atoms with Crippen molar-refractivity contribution in [3.63, 3.8) is 0 Å². The monoisotopic (exact) mass is 248 g/mol. The van der Waals surface area contributed by atoms with Crippen LogP contribution in [0.15, 0.2) is 29.6 Å². The molecule has 17 heavy (non-hydrogen) atoms. The number of hydrogen-bond donors (Lipinski definition) is 1. The summed E-state index contributed by atoms with van der Waals surface area (Å²) in [7, 11) is 0. The molecule has 0 unspecified atom stereocenters. The van der Waals surface area contributed by atoms with Crippen LogP contribution in [0.4, 0.5) is 0 Å². The third-order valence-electron chi connectivity index (χ3n) is 2.43. The van der Waals surface area contributed by atoms with Gasteiger partial charge in [0.2, 0.25) is 0 Å². The van der Waals surface area contributed by atoms with E-state index >= 15 is 0 Å². The second-order valence-electron chi connectivity index (χ2n) is 3.79. The first kappa shape index (κ1) is 12.1. The predicted octanol–water partition coefficient (Wildman–Crippen LogP) is 2.53. The SMILES string of the molecule is Cc1nc(COc2ccccc2CCN)cs1. The van der Waals surface area contributed by atoms with Crippen LogP contribution in [-0.4, -0.2) is 11.5 Å². The number of aryl methyl sites for hydroxylation is 1. The third-order valence-corrected chi connectivity index (χ3v) is 3.25. The molecule has 2 aromatic rings. The number of benzene rings is 1. The number of rotatable bonds is 5. The Morgan fingerprint density at radius 2 is 2.18 bits per heavy atom. The van der Waals surface area contributed by atoms with Gasteiger partial charge in [-0.2, -0.15) is 0 Å². The zero-order valence-corrected chi connectivity index (χ0v) is 10.7. The number of nitrogens with two attached hydrogens (primary N) is 1. The van der Waals surface area contributed by atoms with Gasteiger partial charge in [0.05, 0.1) is 10.7 Å². The lowest BCUT2D eigenvalue weighted by atomic mass is 10.1. The van der Waals surface area contributed by atoms with E-state index in [1.54, 1.807) is 11.3 Å². The largest absolute Gasteiger partial charge is 0.487 e. The van der Waals surface area contributed by atoms with Gasteiger partial charge in [-0.05, 0) is 31.5 Å². The quantitative estimate of drug-likeness (QED) is 0.884.